The smallest absolute Gasteiger partial charge is 0.318 e. The first-order valence-electron chi connectivity index (χ1n) is 7.65. The predicted molar refractivity (Wildman–Crippen MR) is 74.3 cm³/mol. The molecule has 5 nitrogen and oxygen atoms in total. The summed E-state index contributed by atoms with van der Waals surface area (Å²) < 4.78 is 10.4. The first-order valence-corrected chi connectivity index (χ1v) is 7.65. The van der Waals surface area contributed by atoms with Gasteiger partial charge in [0.05, 0.1) is 6.61 Å². The predicted octanol–water partition coefficient (Wildman–Crippen LogP) is 3.42. The summed E-state index contributed by atoms with van der Waals surface area (Å²) in [7, 11) is 0. The maximum absolute atomic E-state index is 11.9. The maximum atomic E-state index is 11.9. The second kappa shape index (κ2) is 6.86. The van der Waals surface area contributed by atoms with Gasteiger partial charge in [0.15, 0.2) is 5.82 Å². The number of nitrogens with zero attached hydrogens (tertiary/aromatic N) is 2. The van der Waals surface area contributed by atoms with Crippen LogP contribution in [0.25, 0.3) is 0 Å². The van der Waals surface area contributed by atoms with Crippen LogP contribution in [0.3, 0.4) is 0 Å². The molecule has 1 aliphatic rings. The molecule has 1 fully saturated rings. The summed E-state index contributed by atoms with van der Waals surface area (Å²) in [6.45, 7) is 6.36. The minimum Gasteiger partial charge on any atom is -0.465 e. The molecule has 0 saturated heterocycles. The second-order valence-corrected chi connectivity index (χ2v) is 5.67. The summed E-state index contributed by atoms with van der Waals surface area (Å²) in [5.74, 6) is 1.53. The van der Waals surface area contributed by atoms with Crippen molar-refractivity contribution in [2.24, 2.45) is 5.92 Å². The molecule has 5 heteroatoms. The Labute approximate surface area is 120 Å². The van der Waals surface area contributed by atoms with Crippen molar-refractivity contribution >= 4 is 5.97 Å². The molecular weight excluding hydrogens is 256 g/mol. The van der Waals surface area contributed by atoms with Crippen LogP contribution in [0.4, 0.5) is 0 Å². The van der Waals surface area contributed by atoms with Gasteiger partial charge in [0.25, 0.3) is 0 Å². The lowest BCUT2D eigenvalue weighted by Crippen LogP contribution is -2.16. The van der Waals surface area contributed by atoms with E-state index < -0.39 is 5.92 Å². The number of hydrogen-bond acceptors (Lipinski definition) is 5. The summed E-state index contributed by atoms with van der Waals surface area (Å²) in [5, 5.41) is 4.09. The standard InChI is InChI=1S/C15H24N2O3/c1-4-12(15(18)19-5-2)14-16-13(17-20-14)11-8-6-7-10(3)9-11/h10-12H,4-9H2,1-3H3. The lowest BCUT2D eigenvalue weighted by Gasteiger charge is -2.23. The van der Waals surface area contributed by atoms with Gasteiger partial charge in [-0.05, 0) is 32.1 Å². The van der Waals surface area contributed by atoms with E-state index in [1.807, 2.05) is 6.92 Å². The molecule has 0 radical (unpaired) electrons. The third kappa shape index (κ3) is 3.38. The molecule has 20 heavy (non-hydrogen) atoms. The number of carbonyl (C=O) groups is 1. The molecule has 3 unspecified atom stereocenters. The number of hydrogen-bond donors (Lipinski definition) is 0. The SMILES string of the molecule is CCOC(=O)C(CC)c1nc(C2CCCC(C)C2)no1. The Kier molecular flexibility index (Phi) is 5.15. The zero-order chi connectivity index (χ0) is 14.5. The topological polar surface area (TPSA) is 65.2 Å². The van der Waals surface area contributed by atoms with Crippen molar-refractivity contribution < 1.29 is 14.1 Å². The van der Waals surface area contributed by atoms with Gasteiger partial charge in [0, 0.05) is 5.92 Å². The van der Waals surface area contributed by atoms with Gasteiger partial charge in [-0.2, -0.15) is 4.98 Å². The van der Waals surface area contributed by atoms with E-state index in [9.17, 15) is 4.79 Å². The van der Waals surface area contributed by atoms with Crippen LogP contribution in [0.5, 0.6) is 0 Å². The molecule has 0 aliphatic heterocycles. The van der Waals surface area contributed by atoms with Crippen molar-refractivity contribution in [3.8, 4) is 0 Å². The van der Waals surface area contributed by atoms with Crippen molar-refractivity contribution in [2.45, 2.75) is 64.7 Å². The molecule has 1 heterocycles. The van der Waals surface area contributed by atoms with Gasteiger partial charge in [-0.25, -0.2) is 0 Å². The third-order valence-corrected chi connectivity index (χ3v) is 4.04. The van der Waals surface area contributed by atoms with Crippen LogP contribution in [0.2, 0.25) is 0 Å². The van der Waals surface area contributed by atoms with Crippen LogP contribution in [-0.4, -0.2) is 22.7 Å². The fourth-order valence-electron chi connectivity index (χ4n) is 2.91. The minimum absolute atomic E-state index is 0.276. The van der Waals surface area contributed by atoms with Crippen LogP contribution in [0.15, 0.2) is 4.52 Å². The molecule has 3 atom stereocenters. The van der Waals surface area contributed by atoms with Gasteiger partial charge < -0.3 is 9.26 Å². The first kappa shape index (κ1) is 15.0. The molecule has 0 bridgehead atoms. The van der Waals surface area contributed by atoms with E-state index in [0.29, 0.717) is 30.8 Å². The maximum Gasteiger partial charge on any atom is 0.318 e. The van der Waals surface area contributed by atoms with Gasteiger partial charge in [0.2, 0.25) is 5.89 Å². The van der Waals surface area contributed by atoms with Gasteiger partial charge in [0.1, 0.15) is 5.92 Å². The van der Waals surface area contributed by atoms with Gasteiger partial charge in [-0.1, -0.05) is 31.8 Å². The Bertz CT molecular complexity index is 444. The Hall–Kier alpha value is -1.39. The Morgan fingerprint density at radius 3 is 2.90 bits per heavy atom. The van der Waals surface area contributed by atoms with Crippen LogP contribution in [-0.2, 0) is 9.53 Å². The van der Waals surface area contributed by atoms with E-state index in [0.717, 1.165) is 18.7 Å². The van der Waals surface area contributed by atoms with Gasteiger partial charge >= 0.3 is 5.97 Å². The summed E-state index contributed by atoms with van der Waals surface area (Å²) in [6.07, 6.45) is 5.32. The highest BCUT2D eigenvalue weighted by molar-refractivity contribution is 5.76. The van der Waals surface area contributed by atoms with E-state index in [-0.39, 0.29) is 5.97 Å². The highest BCUT2D eigenvalue weighted by Crippen LogP contribution is 2.35. The van der Waals surface area contributed by atoms with Gasteiger partial charge in [-0.3, -0.25) is 4.79 Å². The lowest BCUT2D eigenvalue weighted by atomic mass is 9.82. The Balaban J connectivity index is 2.08. The number of ether oxygens (including phenoxy) is 1. The van der Waals surface area contributed by atoms with E-state index in [1.165, 1.54) is 12.8 Å². The fraction of sp³-hybridized carbons (Fsp3) is 0.800. The van der Waals surface area contributed by atoms with Gasteiger partial charge in [-0.15, -0.1) is 0 Å². The molecule has 0 spiro atoms. The molecule has 0 N–H and O–H groups in total. The summed E-state index contributed by atoms with van der Waals surface area (Å²) in [6, 6.07) is 0. The average molecular weight is 280 g/mol. The van der Waals surface area contributed by atoms with E-state index >= 15 is 0 Å². The molecule has 0 amide bonds. The molecule has 1 saturated carbocycles. The van der Waals surface area contributed by atoms with E-state index in [4.69, 9.17) is 9.26 Å². The molecule has 2 rings (SSSR count). The number of rotatable bonds is 5. The molecular formula is C15H24N2O3. The van der Waals surface area contributed by atoms with Crippen molar-refractivity contribution in [3.05, 3.63) is 11.7 Å². The fourth-order valence-corrected chi connectivity index (χ4v) is 2.91. The van der Waals surface area contributed by atoms with Crippen molar-refractivity contribution in [1.82, 2.24) is 10.1 Å². The third-order valence-electron chi connectivity index (χ3n) is 4.04. The molecule has 1 aromatic heterocycles. The molecule has 1 aliphatic carbocycles. The Morgan fingerprint density at radius 1 is 1.45 bits per heavy atom. The highest BCUT2D eigenvalue weighted by Gasteiger charge is 2.29. The zero-order valence-corrected chi connectivity index (χ0v) is 12.6. The zero-order valence-electron chi connectivity index (χ0n) is 12.6. The number of esters is 1. The molecule has 112 valence electrons. The monoisotopic (exact) mass is 280 g/mol. The van der Waals surface area contributed by atoms with Crippen molar-refractivity contribution in [3.63, 3.8) is 0 Å². The Morgan fingerprint density at radius 2 is 2.25 bits per heavy atom. The summed E-state index contributed by atoms with van der Waals surface area (Å²) in [4.78, 5) is 16.3. The second-order valence-electron chi connectivity index (χ2n) is 5.67. The largest absolute Gasteiger partial charge is 0.465 e. The quantitative estimate of drug-likeness (QED) is 0.773. The average Bonchev–Trinajstić information content (AvgIpc) is 2.89. The first-order chi connectivity index (χ1) is 9.65. The number of aromatic nitrogens is 2. The van der Waals surface area contributed by atoms with Crippen LogP contribution >= 0.6 is 0 Å². The minimum atomic E-state index is -0.433. The number of carbonyl (C=O) groups excluding carboxylic acids is 1. The normalized spacial score (nSPS) is 24.4. The van der Waals surface area contributed by atoms with Crippen LogP contribution in [0.1, 0.15) is 76.4 Å². The van der Waals surface area contributed by atoms with Crippen molar-refractivity contribution in [1.29, 1.82) is 0 Å². The molecule has 0 aromatic carbocycles. The van der Waals surface area contributed by atoms with E-state index in [2.05, 4.69) is 17.1 Å². The molecule has 1 aromatic rings. The van der Waals surface area contributed by atoms with E-state index in [1.54, 1.807) is 6.92 Å². The lowest BCUT2D eigenvalue weighted by molar-refractivity contribution is -0.145. The highest BCUT2D eigenvalue weighted by atomic mass is 16.5. The van der Waals surface area contributed by atoms with Crippen LogP contribution in [0, 0.1) is 5.92 Å². The summed E-state index contributed by atoms with van der Waals surface area (Å²) in [5.41, 5.74) is 0. The summed E-state index contributed by atoms with van der Waals surface area (Å²) >= 11 is 0. The van der Waals surface area contributed by atoms with Crippen molar-refractivity contribution in [2.75, 3.05) is 6.61 Å². The van der Waals surface area contributed by atoms with Crippen LogP contribution < -0.4 is 0 Å².